The summed E-state index contributed by atoms with van der Waals surface area (Å²) in [7, 11) is 0. The largest absolute Gasteiger partial charge is 0.353 e. The quantitative estimate of drug-likeness (QED) is 0.477. The van der Waals surface area contributed by atoms with Crippen LogP contribution in [0.5, 0.6) is 0 Å². The summed E-state index contributed by atoms with van der Waals surface area (Å²) in [4.78, 5) is 24.3. The zero-order valence-electron chi connectivity index (χ0n) is 17.8. The van der Waals surface area contributed by atoms with Crippen LogP contribution < -0.4 is 10.2 Å². The lowest BCUT2D eigenvalue weighted by Gasteiger charge is -2.35. The first-order valence-corrected chi connectivity index (χ1v) is 10.4. The van der Waals surface area contributed by atoms with Gasteiger partial charge in [-0.1, -0.05) is 36.4 Å². The van der Waals surface area contributed by atoms with Gasteiger partial charge >= 0.3 is 5.69 Å². The van der Waals surface area contributed by atoms with Gasteiger partial charge in [0.15, 0.2) is 0 Å². The summed E-state index contributed by atoms with van der Waals surface area (Å²) >= 11 is 0. The van der Waals surface area contributed by atoms with Crippen LogP contribution in [0.15, 0.2) is 54.9 Å². The molecule has 0 bridgehead atoms. The molecule has 3 aromatic rings. The van der Waals surface area contributed by atoms with Gasteiger partial charge in [-0.2, -0.15) is 0 Å². The van der Waals surface area contributed by atoms with Crippen LogP contribution >= 0.6 is 0 Å². The second-order valence-electron chi connectivity index (χ2n) is 7.82. The minimum absolute atomic E-state index is 0.0859. The van der Waals surface area contributed by atoms with Crippen LogP contribution in [0.25, 0.3) is 0 Å². The van der Waals surface area contributed by atoms with Crippen molar-refractivity contribution in [2.45, 2.75) is 20.4 Å². The van der Waals surface area contributed by atoms with Crippen molar-refractivity contribution in [3.8, 4) is 0 Å². The lowest BCUT2D eigenvalue weighted by Crippen LogP contribution is -2.46. The van der Waals surface area contributed by atoms with Gasteiger partial charge in [0.25, 0.3) is 0 Å². The van der Waals surface area contributed by atoms with E-state index in [9.17, 15) is 10.1 Å². The summed E-state index contributed by atoms with van der Waals surface area (Å²) in [5, 5.41) is 15.1. The monoisotopic (exact) mass is 418 g/mol. The Labute approximate surface area is 181 Å². The molecule has 2 aromatic carbocycles. The van der Waals surface area contributed by atoms with Crippen LogP contribution in [0, 0.1) is 24.0 Å². The fourth-order valence-corrected chi connectivity index (χ4v) is 3.78. The first-order valence-electron chi connectivity index (χ1n) is 10.4. The Morgan fingerprint density at radius 2 is 1.74 bits per heavy atom. The zero-order valence-corrected chi connectivity index (χ0v) is 17.8. The summed E-state index contributed by atoms with van der Waals surface area (Å²) in [6, 6.07) is 16.2. The van der Waals surface area contributed by atoms with Crippen molar-refractivity contribution in [2.24, 2.45) is 0 Å². The topological polar surface area (TPSA) is 87.4 Å². The van der Waals surface area contributed by atoms with Crippen molar-refractivity contribution >= 4 is 23.0 Å². The predicted octanol–water partition coefficient (Wildman–Crippen LogP) is 4.07. The first kappa shape index (κ1) is 20.7. The fraction of sp³-hybridized carbons (Fsp3) is 0.304. The van der Waals surface area contributed by atoms with Gasteiger partial charge in [-0.15, -0.1) is 0 Å². The van der Waals surface area contributed by atoms with Crippen LogP contribution in [-0.4, -0.2) is 46.0 Å². The van der Waals surface area contributed by atoms with Crippen LogP contribution in [0.3, 0.4) is 0 Å². The van der Waals surface area contributed by atoms with Crippen molar-refractivity contribution in [3.05, 3.63) is 81.7 Å². The van der Waals surface area contributed by atoms with Crippen molar-refractivity contribution in [1.82, 2.24) is 14.9 Å². The van der Waals surface area contributed by atoms with E-state index in [4.69, 9.17) is 0 Å². The molecule has 0 unspecified atom stereocenters. The maximum absolute atomic E-state index is 12.0. The number of aryl methyl sites for hydroxylation is 2. The van der Waals surface area contributed by atoms with E-state index in [1.807, 2.05) is 55.1 Å². The third kappa shape index (κ3) is 4.80. The summed E-state index contributed by atoms with van der Waals surface area (Å²) < 4.78 is 0. The van der Waals surface area contributed by atoms with E-state index in [0.29, 0.717) is 18.9 Å². The summed E-state index contributed by atoms with van der Waals surface area (Å²) in [5.74, 6) is 0.579. The Hall–Kier alpha value is -3.52. The maximum atomic E-state index is 12.0. The summed E-state index contributed by atoms with van der Waals surface area (Å²) in [6.45, 7) is 7.89. The van der Waals surface area contributed by atoms with Crippen molar-refractivity contribution in [2.75, 3.05) is 36.4 Å². The number of benzene rings is 2. The van der Waals surface area contributed by atoms with Crippen molar-refractivity contribution < 1.29 is 4.92 Å². The number of piperazine rings is 1. The molecule has 0 aliphatic carbocycles. The lowest BCUT2D eigenvalue weighted by molar-refractivity contribution is -0.383. The number of aromatic nitrogens is 2. The number of rotatable bonds is 6. The molecule has 31 heavy (non-hydrogen) atoms. The van der Waals surface area contributed by atoms with E-state index in [-0.39, 0.29) is 11.5 Å². The molecule has 1 aromatic heterocycles. The molecule has 8 heteroatoms. The van der Waals surface area contributed by atoms with Gasteiger partial charge in [0.1, 0.15) is 6.33 Å². The number of anilines is 3. The number of nitrogens with zero attached hydrogens (tertiary/aromatic N) is 5. The van der Waals surface area contributed by atoms with Crippen LogP contribution in [0.2, 0.25) is 0 Å². The van der Waals surface area contributed by atoms with Crippen LogP contribution in [0.4, 0.5) is 23.0 Å². The van der Waals surface area contributed by atoms with E-state index in [1.54, 1.807) is 0 Å². The molecule has 0 atom stereocenters. The molecule has 1 aliphatic heterocycles. The minimum Gasteiger partial charge on any atom is -0.348 e. The van der Waals surface area contributed by atoms with Crippen molar-refractivity contribution in [3.63, 3.8) is 0 Å². The number of nitrogens with one attached hydrogen (secondary N) is 1. The molecular formula is C23H26N6O2. The molecule has 0 radical (unpaired) electrons. The fourth-order valence-electron chi connectivity index (χ4n) is 3.78. The molecule has 2 heterocycles. The predicted molar refractivity (Wildman–Crippen MR) is 122 cm³/mol. The number of nitro groups is 1. The molecule has 0 spiro atoms. The van der Waals surface area contributed by atoms with Gasteiger partial charge in [0.2, 0.25) is 11.6 Å². The molecule has 1 N–H and O–H groups in total. The molecule has 1 aliphatic rings. The Bertz CT molecular complexity index is 1060. The summed E-state index contributed by atoms with van der Waals surface area (Å²) in [6.07, 6.45) is 1.39. The third-order valence-electron chi connectivity index (χ3n) is 5.68. The van der Waals surface area contributed by atoms with Gasteiger partial charge in [-0.25, -0.2) is 9.97 Å². The molecule has 8 nitrogen and oxygen atoms in total. The van der Waals surface area contributed by atoms with Gasteiger partial charge in [0, 0.05) is 38.4 Å². The SMILES string of the molecule is Cc1ccc(Nc2ncnc(N3CCN(Cc4ccccc4)CC3)c2[N+](=O)[O-])cc1C. The highest BCUT2D eigenvalue weighted by Gasteiger charge is 2.29. The molecule has 1 saturated heterocycles. The Morgan fingerprint density at radius 1 is 1.00 bits per heavy atom. The van der Waals surface area contributed by atoms with E-state index >= 15 is 0 Å². The lowest BCUT2D eigenvalue weighted by atomic mass is 10.1. The average Bonchev–Trinajstić information content (AvgIpc) is 2.77. The molecule has 160 valence electrons. The normalized spacial score (nSPS) is 14.5. The summed E-state index contributed by atoms with van der Waals surface area (Å²) in [5.41, 5.74) is 4.22. The first-order chi connectivity index (χ1) is 15.0. The highest BCUT2D eigenvalue weighted by Crippen LogP contribution is 2.34. The highest BCUT2D eigenvalue weighted by molar-refractivity contribution is 5.74. The Kier molecular flexibility index (Phi) is 6.08. The van der Waals surface area contributed by atoms with Gasteiger partial charge in [-0.3, -0.25) is 15.0 Å². The Balaban J connectivity index is 1.51. The molecule has 0 saturated carbocycles. The van der Waals surface area contributed by atoms with E-state index in [0.717, 1.165) is 36.4 Å². The van der Waals surface area contributed by atoms with Crippen molar-refractivity contribution in [1.29, 1.82) is 0 Å². The van der Waals surface area contributed by atoms with Gasteiger partial charge in [-0.05, 0) is 42.7 Å². The third-order valence-corrected chi connectivity index (χ3v) is 5.68. The average molecular weight is 419 g/mol. The molecular weight excluding hydrogens is 392 g/mol. The molecule has 1 fully saturated rings. The second-order valence-corrected chi connectivity index (χ2v) is 7.82. The molecule has 0 amide bonds. The smallest absolute Gasteiger partial charge is 0.348 e. The van der Waals surface area contributed by atoms with E-state index in [2.05, 4.69) is 32.3 Å². The molecule has 4 rings (SSSR count). The highest BCUT2D eigenvalue weighted by atomic mass is 16.6. The van der Waals surface area contributed by atoms with Gasteiger partial charge in [0.05, 0.1) is 4.92 Å². The van der Waals surface area contributed by atoms with Gasteiger partial charge < -0.3 is 10.2 Å². The Morgan fingerprint density at radius 3 is 2.42 bits per heavy atom. The zero-order chi connectivity index (χ0) is 21.8. The minimum atomic E-state index is -0.394. The van der Waals surface area contributed by atoms with E-state index in [1.165, 1.54) is 11.9 Å². The number of hydrogen-bond acceptors (Lipinski definition) is 7. The van der Waals surface area contributed by atoms with Crippen LogP contribution in [0.1, 0.15) is 16.7 Å². The number of hydrogen-bond donors (Lipinski definition) is 1. The second kappa shape index (κ2) is 9.09. The van der Waals surface area contributed by atoms with E-state index < -0.39 is 4.92 Å². The standard InChI is InChI=1S/C23H26N6O2/c1-17-8-9-20(14-18(17)2)26-22-21(29(30)31)23(25-16-24-22)28-12-10-27(11-13-28)15-19-6-4-3-5-7-19/h3-9,14,16H,10-13,15H2,1-2H3,(H,24,25,26). The maximum Gasteiger partial charge on any atom is 0.353 e. The van der Waals surface area contributed by atoms with Crippen LogP contribution in [-0.2, 0) is 6.54 Å².